The molecule has 0 fully saturated rings. The fraction of sp³-hybridized carbons (Fsp3) is 0.778. The average Bonchev–Trinajstić information content (AvgIpc) is 1.85. The summed E-state index contributed by atoms with van der Waals surface area (Å²) in [5.74, 6) is 0.727. The van der Waals surface area contributed by atoms with Gasteiger partial charge in [-0.2, -0.15) is 0 Å². The van der Waals surface area contributed by atoms with E-state index in [1.165, 1.54) is 0 Å². The second kappa shape index (κ2) is 3.65. The molecule has 0 bridgehead atoms. The Kier molecular flexibility index (Phi) is 2.80. The molecule has 2 nitrogen and oxygen atoms in total. The van der Waals surface area contributed by atoms with Crippen LogP contribution in [0.5, 0.6) is 0 Å². The van der Waals surface area contributed by atoms with Crippen LogP contribution in [-0.4, -0.2) is 24.1 Å². The monoisotopic (exact) mass is 155 g/mol. The first kappa shape index (κ1) is 8.44. The van der Waals surface area contributed by atoms with Crippen molar-refractivity contribution in [3.8, 4) is 0 Å². The summed E-state index contributed by atoms with van der Waals surface area (Å²) in [5, 5.41) is 0. The standard InChI is InChI=1S/C9H17NO/c1-8(2)6-10-4-5-11-9(3)7-10/h4-5,8-9H,6-7H2,1-3H3/t9-/m0/s1. The highest BCUT2D eigenvalue weighted by Crippen LogP contribution is 2.07. The molecular weight excluding hydrogens is 138 g/mol. The van der Waals surface area contributed by atoms with E-state index in [1.807, 2.05) is 6.20 Å². The molecule has 1 aliphatic heterocycles. The van der Waals surface area contributed by atoms with Crippen LogP contribution in [0.25, 0.3) is 0 Å². The Morgan fingerprint density at radius 1 is 1.64 bits per heavy atom. The molecule has 0 aromatic rings. The number of nitrogens with zero attached hydrogens (tertiary/aromatic N) is 1. The zero-order chi connectivity index (χ0) is 8.27. The Hall–Kier alpha value is -0.660. The maximum Gasteiger partial charge on any atom is 0.112 e. The van der Waals surface area contributed by atoms with Gasteiger partial charge < -0.3 is 9.64 Å². The van der Waals surface area contributed by atoms with Crippen LogP contribution in [0, 0.1) is 5.92 Å². The molecule has 0 amide bonds. The second-order valence-corrected chi connectivity index (χ2v) is 3.58. The van der Waals surface area contributed by atoms with E-state index in [0.29, 0.717) is 6.10 Å². The van der Waals surface area contributed by atoms with Gasteiger partial charge in [0.05, 0.1) is 12.8 Å². The quantitative estimate of drug-likeness (QED) is 0.603. The summed E-state index contributed by atoms with van der Waals surface area (Å²) < 4.78 is 5.27. The van der Waals surface area contributed by atoms with E-state index in [4.69, 9.17) is 4.74 Å². The lowest BCUT2D eigenvalue weighted by molar-refractivity contribution is 0.0937. The van der Waals surface area contributed by atoms with Crippen LogP contribution in [-0.2, 0) is 4.74 Å². The number of ether oxygens (including phenoxy) is 1. The summed E-state index contributed by atoms with van der Waals surface area (Å²) in [5.41, 5.74) is 0. The summed E-state index contributed by atoms with van der Waals surface area (Å²) in [6, 6.07) is 0. The van der Waals surface area contributed by atoms with Crippen molar-refractivity contribution in [2.45, 2.75) is 26.9 Å². The smallest absolute Gasteiger partial charge is 0.112 e. The Morgan fingerprint density at radius 3 is 2.91 bits per heavy atom. The molecule has 0 saturated carbocycles. The van der Waals surface area contributed by atoms with Crippen molar-refractivity contribution in [1.82, 2.24) is 4.90 Å². The minimum Gasteiger partial charge on any atom is -0.495 e. The third kappa shape index (κ3) is 2.83. The van der Waals surface area contributed by atoms with Gasteiger partial charge in [-0.05, 0) is 12.8 Å². The molecule has 1 heterocycles. The van der Waals surface area contributed by atoms with Crippen LogP contribution < -0.4 is 0 Å². The fourth-order valence-corrected chi connectivity index (χ4v) is 1.29. The Labute approximate surface area is 68.8 Å². The van der Waals surface area contributed by atoms with E-state index in [9.17, 15) is 0 Å². The van der Waals surface area contributed by atoms with Gasteiger partial charge in [0, 0.05) is 12.7 Å². The van der Waals surface area contributed by atoms with Crippen molar-refractivity contribution >= 4 is 0 Å². The average molecular weight is 155 g/mol. The molecule has 0 spiro atoms. The van der Waals surface area contributed by atoms with E-state index in [0.717, 1.165) is 19.0 Å². The van der Waals surface area contributed by atoms with Crippen molar-refractivity contribution < 1.29 is 4.74 Å². The van der Waals surface area contributed by atoms with Gasteiger partial charge >= 0.3 is 0 Å². The predicted octanol–water partition coefficient (Wildman–Crippen LogP) is 1.83. The molecule has 64 valence electrons. The molecule has 1 rings (SSSR count). The lowest BCUT2D eigenvalue weighted by atomic mass is 10.2. The van der Waals surface area contributed by atoms with Gasteiger partial charge in [0.15, 0.2) is 0 Å². The largest absolute Gasteiger partial charge is 0.495 e. The molecule has 0 aromatic carbocycles. The molecule has 0 unspecified atom stereocenters. The highest BCUT2D eigenvalue weighted by Gasteiger charge is 2.11. The Balaban J connectivity index is 2.34. The van der Waals surface area contributed by atoms with Gasteiger partial charge in [0.1, 0.15) is 6.10 Å². The first-order valence-corrected chi connectivity index (χ1v) is 4.24. The van der Waals surface area contributed by atoms with Crippen LogP contribution in [0.4, 0.5) is 0 Å². The third-order valence-corrected chi connectivity index (χ3v) is 1.67. The van der Waals surface area contributed by atoms with Crippen molar-refractivity contribution in [1.29, 1.82) is 0 Å². The molecule has 2 heteroatoms. The maximum absolute atomic E-state index is 5.27. The van der Waals surface area contributed by atoms with Crippen LogP contribution in [0.15, 0.2) is 12.5 Å². The van der Waals surface area contributed by atoms with Crippen LogP contribution in [0.1, 0.15) is 20.8 Å². The predicted molar refractivity (Wildman–Crippen MR) is 46.1 cm³/mol. The minimum absolute atomic E-state index is 0.346. The molecule has 0 radical (unpaired) electrons. The Bertz CT molecular complexity index is 142. The molecule has 1 aliphatic rings. The first-order chi connectivity index (χ1) is 5.18. The Morgan fingerprint density at radius 2 is 2.36 bits per heavy atom. The molecule has 0 N–H and O–H groups in total. The van der Waals surface area contributed by atoms with Crippen LogP contribution >= 0.6 is 0 Å². The molecule has 1 atom stereocenters. The summed E-state index contributed by atoms with van der Waals surface area (Å²) in [7, 11) is 0. The van der Waals surface area contributed by atoms with Gasteiger partial charge in [-0.1, -0.05) is 13.8 Å². The highest BCUT2D eigenvalue weighted by molar-refractivity contribution is 4.83. The number of hydrogen-bond acceptors (Lipinski definition) is 2. The van der Waals surface area contributed by atoms with Crippen LogP contribution in [0.3, 0.4) is 0 Å². The topological polar surface area (TPSA) is 12.5 Å². The summed E-state index contributed by atoms with van der Waals surface area (Å²) >= 11 is 0. The minimum atomic E-state index is 0.346. The zero-order valence-electron chi connectivity index (χ0n) is 7.58. The molecule has 0 aromatic heterocycles. The van der Waals surface area contributed by atoms with Gasteiger partial charge in [-0.3, -0.25) is 0 Å². The van der Waals surface area contributed by atoms with Gasteiger partial charge in [-0.25, -0.2) is 0 Å². The van der Waals surface area contributed by atoms with Crippen molar-refractivity contribution in [2.24, 2.45) is 5.92 Å². The van der Waals surface area contributed by atoms with E-state index in [2.05, 4.69) is 25.7 Å². The van der Waals surface area contributed by atoms with E-state index in [-0.39, 0.29) is 0 Å². The van der Waals surface area contributed by atoms with E-state index < -0.39 is 0 Å². The summed E-state index contributed by atoms with van der Waals surface area (Å²) in [4.78, 5) is 2.30. The number of hydrogen-bond donors (Lipinski definition) is 0. The van der Waals surface area contributed by atoms with E-state index in [1.54, 1.807) is 6.26 Å². The zero-order valence-corrected chi connectivity index (χ0v) is 7.58. The number of rotatable bonds is 2. The van der Waals surface area contributed by atoms with Crippen molar-refractivity contribution in [3.63, 3.8) is 0 Å². The lowest BCUT2D eigenvalue weighted by Gasteiger charge is -2.29. The first-order valence-electron chi connectivity index (χ1n) is 4.24. The van der Waals surface area contributed by atoms with Crippen LogP contribution in [0.2, 0.25) is 0 Å². The van der Waals surface area contributed by atoms with Crippen molar-refractivity contribution in [2.75, 3.05) is 13.1 Å². The fourth-order valence-electron chi connectivity index (χ4n) is 1.29. The summed E-state index contributed by atoms with van der Waals surface area (Å²) in [6.07, 6.45) is 4.16. The van der Waals surface area contributed by atoms with Gasteiger partial charge in [0.25, 0.3) is 0 Å². The van der Waals surface area contributed by atoms with E-state index >= 15 is 0 Å². The normalized spacial score (nSPS) is 24.0. The van der Waals surface area contributed by atoms with Gasteiger partial charge in [-0.15, -0.1) is 0 Å². The molecule has 0 aliphatic carbocycles. The molecular formula is C9H17NO. The lowest BCUT2D eigenvalue weighted by Crippen LogP contribution is -2.33. The molecule has 0 saturated heterocycles. The molecule has 11 heavy (non-hydrogen) atoms. The maximum atomic E-state index is 5.27. The highest BCUT2D eigenvalue weighted by atomic mass is 16.5. The SMILES string of the molecule is CC(C)CN1C=CO[C@@H](C)C1. The second-order valence-electron chi connectivity index (χ2n) is 3.58. The van der Waals surface area contributed by atoms with Crippen molar-refractivity contribution in [3.05, 3.63) is 12.5 Å². The summed E-state index contributed by atoms with van der Waals surface area (Å²) in [6.45, 7) is 8.71. The van der Waals surface area contributed by atoms with Gasteiger partial charge in [0.2, 0.25) is 0 Å². The third-order valence-electron chi connectivity index (χ3n) is 1.67.